The number of benzene rings is 1. The van der Waals surface area contributed by atoms with E-state index in [1.54, 1.807) is 20.8 Å². The van der Waals surface area contributed by atoms with Gasteiger partial charge in [-0.2, -0.15) is 0 Å². The Morgan fingerprint density at radius 1 is 1.06 bits per heavy atom. The van der Waals surface area contributed by atoms with Crippen LogP contribution in [0.3, 0.4) is 0 Å². The molecule has 5 N–H and O–H groups in total. The van der Waals surface area contributed by atoms with Crippen molar-refractivity contribution in [3.05, 3.63) is 53.3 Å². The average molecular weight is 486 g/mol. The van der Waals surface area contributed by atoms with Gasteiger partial charge in [-0.05, 0) is 59.1 Å². The third-order valence-electron chi connectivity index (χ3n) is 5.96. The van der Waals surface area contributed by atoms with E-state index in [9.17, 15) is 9.59 Å². The number of nitrogens with two attached hydrogens (primary N) is 1. The number of nitrogen functional groups attached to an aromatic ring is 1. The number of amides is 2. The van der Waals surface area contributed by atoms with Gasteiger partial charge in [0.2, 0.25) is 0 Å². The number of hydrogen-bond donors (Lipinski definition) is 4. The number of carbonyl (C=O) groups excluding carboxylic acids is 2. The average Bonchev–Trinajstić information content (AvgIpc) is 2.76. The van der Waals surface area contributed by atoms with Gasteiger partial charge in [-0.15, -0.1) is 0 Å². The van der Waals surface area contributed by atoms with E-state index in [0.29, 0.717) is 0 Å². The minimum Gasteiger partial charge on any atom is -0.444 e. The third-order valence-corrected chi connectivity index (χ3v) is 5.96. The van der Waals surface area contributed by atoms with Crippen LogP contribution in [0.4, 0.5) is 20.8 Å². The zero-order valence-corrected chi connectivity index (χ0v) is 21.1. The second-order valence-corrected chi connectivity index (χ2v) is 10.5. The Hall–Kier alpha value is -3.36. The van der Waals surface area contributed by atoms with Crippen molar-refractivity contribution in [2.45, 2.75) is 83.5 Å². The number of carbonyl (C=O) groups is 2. The highest BCUT2D eigenvalue weighted by Crippen LogP contribution is 2.26. The number of rotatable bonds is 6. The molecule has 9 heteroatoms. The van der Waals surface area contributed by atoms with Gasteiger partial charge >= 0.3 is 6.09 Å². The predicted molar refractivity (Wildman–Crippen MR) is 135 cm³/mol. The smallest absolute Gasteiger partial charge is 0.407 e. The van der Waals surface area contributed by atoms with E-state index in [4.69, 9.17) is 10.5 Å². The number of ether oxygens (including phenoxy) is 1. The summed E-state index contributed by atoms with van der Waals surface area (Å²) in [7, 11) is 0. The Bertz CT molecular complexity index is 1050. The standard InChI is InChI=1S/C26H36FN5O3/c1-25(2,3)35-24(34)30-20-14-10-9-13-19(20)29-22-18(27)15-17(21(28)31-22)23(33)32-26(4,5)16-11-7-6-8-12-16/h6-8,11-12,15,19-20H,9-10,13-14H2,1-5H3,(H,30,34)(H,32,33)(H3,28,29,31). The Morgan fingerprint density at radius 3 is 2.31 bits per heavy atom. The van der Waals surface area contributed by atoms with E-state index < -0.39 is 29.0 Å². The molecule has 0 saturated heterocycles. The summed E-state index contributed by atoms with van der Waals surface area (Å²) in [6.07, 6.45) is 2.79. The SMILES string of the molecule is CC(C)(C)OC(=O)NC1CCCCC1Nc1nc(N)c(C(=O)NC(C)(C)c2ccccc2)cc1F. The molecule has 3 rings (SSSR count). The van der Waals surface area contributed by atoms with Crippen molar-refractivity contribution in [1.29, 1.82) is 0 Å². The molecule has 1 aromatic heterocycles. The van der Waals surface area contributed by atoms with E-state index in [2.05, 4.69) is 20.9 Å². The monoisotopic (exact) mass is 485 g/mol. The molecule has 0 aliphatic heterocycles. The Labute approximate surface area is 206 Å². The molecule has 2 unspecified atom stereocenters. The van der Waals surface area contributed by atoms with Crippen LogP contribution in [0.2, 0.25) is 0 Å². The van der Waals surface area contributed by atoms with Gasteiger partial charge in [0.15, 0.2) is 11.6 Å². The van der Waals surface area contributed by atoms with Gasteiger partial charge < -0.3 is 26.4 Å². The fraction of sp³-hybridized carbons (Fsp3) is 0.500. The summed E-state index contributed by atoms with van der Waals surface area (Å²) >= 11 is 0. The lowest BCUT2D eigenvalue weighted by Gasteiger charge is -2.34. The van der Waals surface area contributed by atoms with E-state index >= 15 is 4.39 Å². The molecule has 2 atom stereocenters. The first-order valence-electron chi connectivity index (χ1n) is 12.0. The van der Waals surface area contributed by atoms with Crippen LogP contribution in [0.5, 0.6) is 0 Å². The lowest BCUT2D eigenvalue weighted by atomic mass is 9.90. The van der Waals surface area contributed by atoms with Gasteiger partial charge in [0.25, 0.3) is 5.91 Å². The number of hydrogen-bond acceptors (Lipinski definition) is 6. The maximum atomic E-state index is 15.0. The molecule has 1 heterocycles. The van der Waals surface area contributed by atoms with Gasteiger partial charge in [0.1, 0.15) is 11.4 Å². The number of nitrogens with one attached hydrogen (secondary N) is 3. The van der Waals surface area contributed by atoms with Crippen molar-refractivity contribution in [2.75, 3.05) is 11.1 Å². The highest BCUT2D eigenvalue weighted by Gasteiger charge is 2.30. The van der Waals surface area contributed by atoms with Gasteiger partial charge in [0.05, 0.1) is 17.1 Å². The number of nitrogens with zero attached hydrogens (tertiary/aromatic N) is 1. The highest BCUT2D eigenvalue weighted by atomic mass is 19.1. The van der Waals surface area contributed by atoms with Crippen LogP contribution < -0.4 is 21.7 Å². The summed E-state index contributed by atoms with van der Waals surface area (Å²) in [6, 6.07) is 10.1. The van der Waals surface area contributed by atoms with Gasteiger partial charge in [-0.25, -0.2) is 14.2 Å². The van der Waals surface area contributed by atoms with Crippen molar-refractivity contribution < 1.29 is 18.7 Å². The molecule has 1 aliphatic carbocycles. The van der Waals surface area contributed by atoms with Crippen LogP contribution in [-0.2, 0) is 10.3 Å². The molecular weight excluding hydrogens is 449 g/mol. The van der Waals surface area contributed by atoms with E-state index in [1.807, 2.05) is 44.2 Å². The zero-order chi connectivity index (χ0) is 25.8. The maximum Gasteiger partial charge on any atom is 0.407 e. The fourth-order valence-corrected chi connectivity index (χ4v) is 4.18. The molecule has 190 valence electrons. The summed E-state index contributed by atoms with van der Waals surface area (Å²) in [4.78, 5) is 29.3. The molecule has 1 aromatic carbocycles. The molecule has 1 aliphatic rings. The van der Waals surface area contributed by atoms with Crippen molar-refractivity contribution >= 4 is 23.6 Å². The van der Waals surface area contributed by atoms with Crippen molar-refractivity contribution in [3.8, 4) is 0 Å². The van der Waals surface area contributed by atoms with Crippen molar-refractivity contribution in [2.24, 2.45) is 0 Å². The number of anilines is 2. The molecule has 2 aromatic rings. The second kappa shape index (κ2) is 10.5. The third kappa shape index (κ3) is 7.07. The van der Waals surface area contributed by atoms with Gasteiger partial charge in [-0.3, -0.25) is 4.79 Å². The topological polar surface area (TPSA) is 118 Å². The molecule has 2 amide bonds. The van der Waals surface area contributed by atoms with Gasteiger partial charge in [-0.1, -0.05) is 43.2 Å². The lowest BCUT2D eigenvalue weighted by molar-refractivity contribution is 0.0488. The first-order valence-corrected chi connectivity index (χ1v) is 12.0. The lowest BCUT2D eigenvalue weighted by Crippen LogP contribution is -2.50. The summed E-state index contributed by atoms with van der Waals surface area (Å²) in [5, 5.41) is 8.86. The Morgan fingerprint density at radius 2 is 1.69 bits per heavy atom. The van der Waals surface area contributed by atoms with Crippen LogP contribution in [0.25, 0.3) is 0 Å². The summed E-state index contributed by atoms with van der Waals surface area (Å²) < 4.78 is 20.4. The fourth-order valence-electron chi connectivity index (χ4n) is 4.18. The second-order valence-electron chi connectivity index (χ2n) is 10.5. The molecule has 0 bridgehead atoms. The Balaban J connectivity index is 1.73. The molecule has 35 heavy (non-hydrogen) atoms. The minimum atomic E-state index is -0.694. The molecule has 1 fully saturated rings. The molecule has 0 spiro atoms. The number of alkyl carbamates (subject to hydrolysis) is 1. The van der Waals surface area contributed by atoms with Crippen LogP contribution >= 0.6 is 0 Å². The van der Waals surface area contributed by atoms with E-state index in [1.165, 1.54) is 0 Å². The summed E-state index contributed by atoms with van der Waals surface area (Å²) in [5.41, 5.74) is 5.63. The van der Waals surface area contributed by atoms with Crippen molar-refractivity contribution in [1.82, 2.24) is 15.6 Å². The first kappa shape index (κ1) is 26.2. The van der Waals surface area contributed by atoms with Crippen LogP contribution in [0, 0.1) is 5.82 Å². The van der Waals surface area contributed by atoms with Crippen LogP contribution in [-0.4, -0.2) is 34.7 Å². The molecule has 0 radical (unpaired) electrons. The van der Waals surface area contributed by atoms with Crippen LogP contribution in [0.15, 0.2) is 36.4 Å². The number of pyridine rings is 1. The Kier molecular flexibility index (Phi) is 7.87. The minimum absolute atomic E-state index is 0.0378. The highest BCUT2D eigenvalue weighted by molar-refractivity contribution is 5.99. The zero-order valence-electron chi connectivity index (χ0n) is 21.1. The summed E-state index contributed by atoms with van der Waals surface area (Å²) in [6.45, 7) is 9.10. The van der Waals surface area contributed by atoms with Crippen molar-refractivity contribution in [3.63, 3.8) is 0 Å². The predicted octanol–water partition coefficient (Wildman–Crippen LogP) is 4.72. The van der Waals surface area contributed by atoms with E-state index in [-0.39, 0.29) is 29.3 Å². The van der Waals surface area contributed by atoms with E-state index in [0.717, 1.165) is 37.3 Å². The molecule has 1 saturated carbocycles. The summed E-state index contributed by atoms with van der Waals surface area (Å²) in [5.74, 6) is -1.34. The van der Waals surface area contributed by atoms with Gasteiger partial charge in [0, 0.05) is 6.04 Å². The maximum absolute atomic E-state index is 15.0. The normalized spacial score (nSPS) is 18.5. The number of halogens is 1. The largest absolute Gasteiger partial charge is 0.444 e. The molecular formula is C26H36FN5O3. The molecule has 8 nitrogen and oxygen atoms in total. The quantitative estimate of drug-likeness (QED) is 0.470. The van der Waals surface area contributed by atoms with Crippen LogP contribution in [0.1, 0.15) is 76.2 Å². The number of aromatic nitrogens is 1. The first-order chi connectivity index (χ1) is 16.4.